The molecule has 0 aliphatic heterocycles. The van der Waals surface area contributed by atoms with Gasteiger partial charge in [-0.05, 0) is 17.0 Å². The van der Waals surface area contributed by atoms with E-state index in [-0.39, 0.29) is 5.41 Å². The maximum absolute atomic E-state index is 4.43. The molecule has 4 nitrogen and oxygen atoms in total. The first-order chi connectivity index (χ1) is 8.45. The maximum atomic E-state index is 4.43. The lowest BCUT2D eigenvalue weighted by Gasteiger charge is -2.18. The van der Waals surface area contributed by atoms with Crippen molar-refractivity contribution in [2.24, 2.45) is 7.05 Å². The van der Waals surface area contributed by atoms with Gasteiger partial charge >= 0.3 is 0 Å². The molecule has 0 radical (unpaired) electrons. The predicted octanol–water partition coefficient (Wildman–Crippen LogP) is 2.72. The summed E-state index contributed by atoms with van der Waals surface area (Å²) in [4.78, 5) is 4.43. The fourth-order valence-corrected chi connectivity index (χ4v) is 1.70. The Labute approximate surface area is 108 Å². The van der Waals surface area contributed by atoms with Gasteiger partial charge in [-0.1, -0.05) is 26.8 Å². The van der Waals surface area contributed by atoms with Gasteiger partial charge in [0.15, 0.2) is 0 Å². The number of nitrogens with one attached hydrogen (secondary N) is 1. The van der Waals surface area contributed by atoms with Crippen LogP contribution in [0.1, 0.15) is 31.9 Å². The van der Waals surface area contributed by atoms with Crippen LogP contribution in [-0.4, -0.2) is 14.8 Å². The molecule has 0 amide bonds. The second-order valence-corrected chi connectivity index (χ2v) is 5.56. The first-order valence-corrected chi connectivity index (χ1v) is 6.13. The van der Waals surface area contributed by atoms with Gasteiger partial charge in [0.2, 0.25) is 0 Å². The molecule has 1 N–H and O–H groups in total. The third-order valence-corrected chi connectivity index (χ3v) is 2.86. The van der Waals surface area contributed by atoms with Crippen molar-refractivity contribution in [2.75, 3.05) is 5.32 Å². The van der Waals surface area contributed by atoms with Gasteiger partial charge in [0.05, 0.1) is 6.20 Å². The number of anilines is 1. The molecule has 2 rings (SSSR count). The van der Waals surface area contributed by atoms with Crippen molar-refractivity contribution in [3.63, 3.8) is 0 Å². The summed E-state index contributed by atoms with van der Waals surface area (Å²) in [6.07, 6.45) is 5.79. The maximum Gasteiger partial charge on any atom is 0.126 e. The molecule has 18 heavy (non-hydrogen) atoms. The zero-order chi connectivity index (χ0) is 13.2. The molecule has 4 heteroatoms. The highest BCUT2D eigenvalue weighted by Gasteiger charge is 2.13. The minimum atomic E-state index is 0.148. The molecule has 0 saturated heterocycles. The summed E-state index contributed by atoms with van der Waals surface area (Å²) >= 11 is 0. The molecule has 0 aliphatic rings. The fraction of sp³-hybridized carbons (Fsp3) is 0.429. The Hall–Kier alpha value is -1.84. The molecular formula is C14H20N4. The Bertz CT molecular complexity index is 505. The Morgan fingerprint density at radius 1 is 1.22 bits per heavy atom. The smallest absolute Gasteiger partial charge is 0.126 e. The van der Waals surface area contributed by atoms with Crippen LogP contribution in [0.2, 0.25) is 0 Å². The topological polar surface area (TPSA) is 42.7 Å². The third kappa shape index (κ3) is 3.09. The number of aromatic nitrogens is 3. The first kappa shape index (κ1) is 12.6. The van der Waals surface area contributed by atoms with Crippen LogP contribution in [0.3, 0.4) is 0 Å². The Balaban J connectivity index is 1.98. The summed E-state index contributed by atoms with van der Waals surface area (Å²) in [5, 5.41) is 7.42. The monoisotopic (exact) mass is 244 g/mol. The van der Waals surface area contributed by atoms with E-state index in [9.17, 15) is 0 Å². The average Bonchev–Trinajstić information content (AvgIpc) is 2.72. The summed E-state index contributed by atoms with van der Waals surface area (Å²) in [6.45, 7) is 7.31. The van der Waals surface area contributed by atoms with E-state index in [1.54, 1.807) is 4.68 Å². The summed E-state index contributed by atoms with van der Waals surface area (Å²) in [6, 6.07) is 4.15. The van der Waals surface area contributed by atoms with Crippen LogP contribution in [0, 0.1) is 0 Å². The normalized spacial score (nSPS) is 11.6. The van der Waals surface area contributed by atoms with E-state index in [0.29, 0.717) is 0 Å². The van der Waals surface area contributed by atoms with Crippen molar-refractivity contribution in [3.05, 3.63) is 41.9 Å². The number of nitrogens with zero attached hydrogens (tertiary/aromatic N) is 3. The largest absolute Gasteiger partial charge is 0.366 e. The summed E-state index contributed by atoms with van der Waals surface area (Å²) < 4.78 is 1.80. The van der Waals surface area contributed by atoms with Crippen molar-refractivity contribution in [2.45, 2.75) is 32.7 Å². The molecule has 0 fully saturated rings. The van der Waals surface area contributed by atoms with Crippen molar-refractivity contribution < 1.29 is 0 Å². The second-order valence-electron chi connectivity index (χ2n) is 5.56. The average molecular weight is 244 g/mol. The predicted molar refractivity (Wildman–Crippen MR) is 73.5 cm³/mol. The lowest BCUT2D eigenvalue weighted by Crippen LogP contribution is -2.11. The van der Waals surface area contributed by atoms with E-state index in [1.165, 1.54) is 5.56 Å². The second kappa shape index (κ2) is 4.80. The molecule has 0 aromatic carbocycles. The van der Waals surface area contributed by atoms with E-state index in [2.05, 4.69) is 42.2 Å². The molecule has 0 aliphatic carbocycles. The summed E-state index contributed by atoms with van der Waals surface area (Å²) in [7, 11) is 1.92. The van der Waals surface area contributed by atoms with Gasteiger partial charge in [0.1, 0.15) is 5.82 Å². The Morgan fingerprint density at radius 2 is 2.00 bits per heavy atom. The molecule has 2 aromatic rings. The van der Waals surface area contributed by atoms with Crippen LogP contribution in [0.4, 0.5) is 5.82 Å². The standard InChI is InChI=1S/C14H20N4/c1-14(2,3)12-5-6-13(16-9-12)15-7-11-8-17-18(4)10-11/h5-6,8-10H,7H2,1-4H3,(H,15,16). The number of aryl methyl sites for hydroxylation is 1. The van der Waals surface area contributed by atoms with E-state index in [4.69, 9.17) is 0 Å². The van der Waals surface area contributed by atoms with Crippen LogP contribution < -0.4 is 5.32 Å². The molecule has 96 valence electrons. The Morgan fingerprint density at radius 3 is 2.50 bits per heavy atom. The molecule has 0 bridgehead atoms. The zero-order valence-corrected chi connectivity index (χ0v) is 11.4. The quantitative estimate of drug-likeness (QED) is 0.902. The van der Waals surface area contributed by atoms with Gasteiger partial charge < -0.3 is 5.32 Å². The highest BCUT2D eigenvalue weighted by molar-refractivity contribution is 5.37. The van der Waals surface area contributed by atoms with Gasteiger partial charge in [-0.25, -0.2) is 4.98 Å². The molecule has 0 atom stereocenters. The molecule has 0 saturated carbocycles. The lowest BCUT2D eigenvalue weighted by atomic mass is 9.88. The SMILES string of the molecule is Cn1cc(CNc2ccc(C(C)(C)C)cn2)cn1. The van der Waals surface area contributed by atoms with Gasteiger partial charge in [0, 0.05) is 31.5 Å². The summed E-state index contributed by atoms with van der Waals surface area (Å²) in [5.41, 5.74) is 2.54. The Kier molecular flexibility index (Phi) is 3.36. The highest BCUT2D eigenvalue weighted by atomic mass is 15.2. The van der Waals surface area contributed by atoms with E-state index < -0.39 is 0 Å². The van der Waals surface area contributed by atoms with Crippen LogP contribution in [0.15, 0.2) is 30.7 Å². The van der Waals surface area contributed by atoms with Gasteiger partial charge in [-0.15, -0.1) is 0 Å². The first-order valence-electron chi connectivity index (χ1n) is 6.13. The van der Waals surface area contributed by atoms with Crippen molar-refractivity contribution >= 4 is 5.82 Å². The van der Waals surface area contributed by atoms with Crippen LogP contribution in [0.25, 0.3) is 0 Å². The number of pyridine rings is 1. The van der Waals surface area contributed by atoms with E-state index in [1.807, 2.05) is 31.7 Å². The summed E-state index contributed by atoms with van der Waals surface area (Å²) in [5.74, 6) is 0.895. The van der Waals surface area contributed by atoms with Gasteiger partial charge in [0.25, 0.3) is 0 Å². The van der Waals surface area contributed by atoms with Crippen LogP contribution in [-0.2, 0) is 19.0 Å². The molecule has 2 aromatic heterocycles. The van der Waals surface area contributed by atoms with Gasteiger partial charge in [-0.2, -0.15) is 5.10 Å². The minimum Gasteiger partial charge on any atom is -0.366 e. The number of rotatable bonds is 3. The van der Waals surface area contributed by atoms with Crippen molar-refractivity contribution in [1.29, 1.82) is 0 Å². The van der Waals surface area contributed by atoms with Crippen molar-refractivity contribution in [1.82, 2.24) is 14.8 Å². The van der Waals surface area contributed by atoms with Gasteiger partial charge in [-0.3, -0.25) is 4.68 Å². The zero-order valence-electron chi connectivity index (χ0n) is 11.4. The van der Waals surface area contributed by atoms with Crippen LogP contribution >= 0.6 is 0 Å². The minimum absolute atomic E-state index is 0.148. The fourth-order valence-electron chi connectivity index (χ4n) is 1.70. The van der Waals surface area contributed by atoms with Crippen molar-refractivity contribution in [3.8, 4) is 0 Å². The molecular weight excluding hydrogens is 224 g/mol. The van der Waals surface area contributed by atoms with E-state index in [0.717, 1.165) is 17.9 Å². The third-order valence-electron chi connectivity index (χ3n) is 2.86. The number of hydrogen-bond donors (Lipinski definition) is 1. The molecule has 0 unspecified atom stereocenters. The lowest BCUT2D eigenvalue weighted by molar-refractivity contribution is 0.587. The van der Waals surface area contributed by atoms with E-state index >= 15 is 0 Å². The molecule has 2 heterocycles. The molecule has 0 spiro atoms. The highest BCUT2D eigenvalue weighted by Crippen LogP contribution is 2.21. The van der Waals surface area contributed by atoms with Crippen LogP contribution in [0.5, 0.6) is 0 Å². The number of hydrogen-bond acceptors (Lipinski definition) is 3.